The minimum Gasteiger partial charge on any atom is -0.497 e. The van der Waals surface area contributed by atoms with Gasteiger partial charge >= 0.3 is 0 Å². The summed E-state index contributed by atoms with van der Waals surface area (Å²) in [6.45, 7) is 3.40. The van der Waals surface area contributed by atoms with Gasteiger partial charge in [-0.25, -0.2) is 8.42 Å². The van der Waals surface area contributed by atoms with Crippen LogP contribution in [0.3, 0.4) is 0 Å². The van der Waals surface area contributed by atoms with Gasteiger partial charge in [-0.2, -0.15) is 0 Å². The molecule has 1 fully saturated rings. The molecule has 2 aromatic carbocycles. The molecule has 2 amide bonds. The largest absolute Gasteiger partial charge is 0.497 e. The Morgan fingerprint density at radius 2 is 1.80 bits per heavy atom. The minimum absolute atomic E-state index is 0.115. The summed E-state index contributed by atoms with van der Waals surface area (Å²) in [5, 5.41) is 3.06. The van der Waals surface area contributed by atoms with Crippen molar-refractivity contribution in [1.29, 1.82) is 0 Å². The van der Waals surface area contributed by atoms with E-state index in [0.717, 1.165) is 47.4 Å². The Balaban J connectivity index is 1.90. The maximum absolute atomic E-state index is 13.6. The molecule has 1 unspecified atom stereocenters. The van der Waals surface area contributed by atoms with E-state index in [0.29, 0.717) is 11.4 Å². The molecule has 1 aliphatic carbocycles. The maximum atomic E-state index is 13.6. The van der Waals surface area contributed by atoms with E-state index < -0.39 is 28.5 Å². The molecule has 190 valence electrons. The molecule has 35 heavy (non-hydrogen) atoms. The first-order valence-electron chi connectivity index (χ1n) is 11.9. The average molecular weight is 502 g/mol. The first-order valence-corrected chi connectivity index (χ1v) is 13.7. The molecule has 0 heterocycles. The molecule has 1 saturated carbocycles. The number of nitrogens with one attached hydrogen (secondary N) is 1. The second kappa shape index (κ2) is 11.6. The highest BCUT2D eigenvalue weighted by Gasteiger charge is 2.31. The Morgan fingerprint density at radius 1 is 1.11 bits per heavy atom. The molecule has 2 aromatic rings. The van der Waals surface area contributed by atoms with Crippen LogP contribution in [0.4, 0.5) is 5.69 Å². The molecule has 0 aliphatic heterocycles. The quantitative estimate of drug-likeness (QED) is 0.539. The Labute approximate surface area is 208 Å². The average Bonchev–Trinajstić information content (AvgIpc) is 3.33. The predicted octanol–water partition coefficient (Wildman–Crippen LogP) is 3.25. The first-order chi connectivity index (χ1) is 16.6. The van der Waals surface area contributed by atoms with Crippen molar-refractivity contribution in [3.8, 4) is 5.75 Å². The number of ether oxygens (including phenoxy) is 1. The third-order valence-corrected chi connectivity index (χ3v) is 7.63. The van der Waals surface area contributed by atoms with Gasteiger partial charge in [0.2, 0.25) is 21.8 Å². The van der Waals surface area contributed by atoms with Crippen LogP contribution in [0.25, 0.3) is 0 Å². The molecule has 0 bridgehead atoms. The fraction of sp³-hybridized carbons (Fsp3) is 0.462. The van der Waals surface area contributed by atoms with Crippen molar-refractivity contribution < 1.29 is 22.7 Å². The summed E-state index contributed by atoms with van der Waals surface area (Å²) < 4.78 is 31.6. The third-order valence-electron chi connectivity index (χ3n) is 6.49. The second-order valence-corrected chi connectivity index (χ2v) is 11.0. The van der Waals surface area contributed by atoms with Gasteiger partial charge in [0.05, 0.1) is 19.1 Å². The van der Waals surface area contributed by atoms with Gasteiger partial charge in [-0.1, -0.05) is 43.2 Å². The van der Waals surface area contributed by atoms with Crippen LogP contribution >= 0.6 is 0 Å². The van der Waals surface area contributed by atoms with Crippen LogP contribution < -0.4 is 14.4 Å². The number of hydrogen-bond donors (Lipinski definition) is 1. The van der Waals surface area contributed by atoms with Crippen molar-refractivity contribution in [3.63, 3.8) is 0 Å². The van der Waals surface area contributed by atoms with E-state index in [1.54, 1.807) is 31.2 Å². The van der Waals surface area contributed by atoms with Crippen LogP contribution in [0.1, 0.15) is 43.7 Å². The Hall–Kier alpha value is -3.07. The van der Waals surface area contributed by atoms with Crippen molar-refractivity contribution in [1.82, 2.24) is 10.2 Å². The Morgan fingerprint density at radius 3 is 2.43 bits per heavy atom. The number of anilines is 1. The van der Waals surface area contributed by atoms with Crippen LogP contribution in [-0.2, 0) is 26.2 Å². The number of nitrogens with zero attached hydrogens (tertiary/aromatic N) is 2. The summed E-state index contributed by atoms with van der Waals surface area (Å²) in [5.41, 5.74) is 2.20. The van der Waals surface area contributed by atoms with Gasteiger partial charge in [-0.05, 0) is 49.9 Å². The van der Waals surface area contributed by atoms with Crippen molar-refractivity contribution in [2.24, 2.45) is 0 Å². The van der Waals surface area contributed by atoms with Crippen molar-refractivity contribution in [2.45, 2.75) is 58.2 Å². The molecule has 0 saturated heterocycles. The number of aryl methyl sites for hydroxylation is 1. The molecule has 9 heteroatoms. The highest BCUT2D eigenvalue weighted by molar-refractivity contribution is 7.92. The van der Waals surface area contributed by atoms with Crippen LogP contribution in [0.5, 0.6) is 5.75 Å². The zero-order valence-electron chi connectivity index (χ0n) is 20.9. The molecule has 0 radical (unpaired) electrons. The fourth-order valence-electron chi connectivity index (χ4n) is 4.32. The number of amides is 2. The molecule has 1 aliphatic rings. The molecule has 1 N–H and O–H groups in total. The maximum Gasteiger partial charge on any atom is 0.244 e. The van der Waals surface area contributed by atoms with E-state index in [4.69, 9.17) is 4.74 Å². The van der Waals surface area contributed by atoms with E-state index in [1.807, 2.05) is 31.2 Å². The molecule has 8 nitrogen and oxygen atoms in total. The SMILES string of the molecule is COc1cccc(N(CC(=O)N(Cc2ccccc2C)C(C)C(=O)NC2CCCC2)S(C)(=O)=O)c1. The number of sulfonamides is 1. The van der Waals surface area contributed by atoms with E-state index >= 15 is 0 Å². The number of carbonyl (C=O) groups is 2. The predicted molar refractivity (Wildman–Crippen MR) is 137 cm³/mol. The number of hydrogen-bond acceptors (Lipinski definition) is 5. The van der Waals surface area contributed by atoms with Gasteiger partial charge in [0.25, 0.3) is 0 Å². The lowest BCUT2D eigenvalue weighted by Gasteiger charge is -2.32. The van der Waals surface area contributed by atoms with Crippen molar-refractivity contribution >= 4 is 27.5 Å². The Kier molecular flexibility index (Phi) is 8.77. The van der Waals surface area contributed by atoms with E-state index in [1.165, 1.54) is 12.0 Å². The summed E-state index contributed by atoms with van der Waals surface area (Å²) in [6.07, 6.45) is 5.08. The second-order valence-electron chi connectivity index (χ2n) is 9.09. The highest BCUT2D eigenvalue weighted by Crippen LogP contribution is 2.24. The monoisotopic (exact) mass is 501 g/mol. The van der Waals surface area contributed by atoms with Crippen LogP contribution in [0.2, 0.25) is 0 Å². The van der Waals surface area contributed by atoms with E-state index in [2.05, 4.69) is 5.32 Å². The van der Waals surface area contributed by atoms with Crippen LogP contribution in [-0.4, -0.2) is 57.1 Å². The Bertz CT molecular complexity index is 1150. The van der Waals surface area contributed by atoms with Gasteiger partial charge in [-0.3, -0.25) is 13.9 Å². The first kappa shape index (κ1) is 26.5. The van der Waals surface area contributed by atoms with Gasteiger partial charge < -0.3 is 15.0 Å². The zero-order chi connectivity index (χ0) is 25.6. The number of rotatable bonds is 10. The fourth-order valence-corrected chi connectivity index (χ4v) is 5.17. The third kappa shape index (κ3) is 6.97. The molecule has 0 aromatic heterocycles. The molecular weight excluding hydrogens is 466 g/mol. The van der Waals surface area contributed by atoms with Crippen molar-refractivity contribution in [3.05, 3.63) is 59.7 Å². The number of carbonyl (C=O) groups excluding carboxylic acids is 2. The number of benzene rings is 2. The van der Waals surface area contributed by atoms with E-state index in [-0.39, 0.29) is 18.5 Å². The minimum atomic E-state index is -3.79. The standard InChI is InChI=1S/C26H35N3O5S/c1-19-10-5-6-11-21(19)17-28(20(2)26(31)27-22-12-7-8-13-22)25(30)18-29(35(4,32)33)23-14-9-15-24(16-23)34-3/h5-6,9-11,14-16,20,22H,7-8,12-13,17-18H2,1-4H3,(H,27,31). The van der Waals surface area contributed by atoms with E-state index in [9.17, 15) is 18.0 Å². The van der Waals surface area contributed by atoms with Crippen LogP contribution in [0.15, 0.2) is 48.5 Å². The molecule has 1 atom stereocenters. The normalized spacial score (nSPS) is 14.9. The smallest absolute Gasteiger partial charge is 0.244 e. The topological polar surface area (TPSA) is 96.0 Å². The lowest BCUT2D eigenvalue weighted by molar-refractivity contribution is -0.139. The highest BCUT2D eigenvalue weighted by atomic mass is 32.2. The molecule has 3 rings (SSSR count). The number of methoxy groups -OCH3 is 1. The summed E-state index contributed by atoms with van der Waals surface area (Å²) in [7, 11) is -2.30. The van der Waals surface area contributed by atoms with Gasteiger partial charge in [0, 0.05) is 18.7 Å². The molecular formula is C26H35N3O5S. The summed E-state index contributed by atoms with van der Waals surface area (Å²) in [5.74, 6) is -0.216. The lowest BCUT2D eigenvalue weighted by Crippen LogP contribution is -2.52. The molecule has 0 spiro atoms. The summed E-state index contributed by atoms with van der Waals surface area (Å²) >= 11 is 0. The van der Waals surface area contributed by atoms with Gasteiger partial charge in [0.15, 0.2) is 0 Å². The zero-order valence-corrected chi connectivity index (χ0v) is 21.7. The summed E-state index contributed by atoms with van der Waals surface area (Å²) in [6, 6.07) is 13.5. The van der Waals surface area contributed by atoms with Gasteiger partial charge in [-0.15, -0.1) is 0 Å². The van der Waals surface area contributed by atoms with Crippen molar-refractivity contribution in [2.75, 3.05) is 24.2 Å². The van der Waals surface area contributed by atoms with Gasteiger partial charge in [0.1, 0.15) is 18.3 Å². The summed E-state index contributed by atoms with van der Waals surface area (Å²) in [4.78, 5) is 28.2. The van der Waals surface area contributed by atoms with Crippen LogP contribution in [0, 0.1) is 6.92 Å². The lowest BCUT2D eigenvalue weighted by atomic mass is 10.1.